The average Bonchev–Trinajstić information content (AvgIpc) is 2.27. The molecule has 0 atom stereocenters. The number of allylic oxidation sites excluding steroid dienone is 3. The van der Waals surface area contributed by atoms with Gasteiger partial charge in [-0.15, -0.1) is 0 Å². The maximum absolute atomic E-state index is 10.3. The van der Waals surface area contributed by atoms with Crippen molar-refractivity contribution < 1.29 is 44.7 Å². The molecule has 0 aliphatic carbocycles. The first-order valence-electron chi connectivity index (χ1n) is 5.46. The van der Waals surface area contributed by atoms with Gasteiger partial charge in [0.1, 0.15) is 0 Å². The first kappa shape index (κ1) is 24.3. The molecule has 22 heavy (non-hydrogen) atoms. The van der Waals surface area contributed by atoms with Crippen molar-refractivity contribution in [3.63, 3.8) is 0 Å². The molecule has 0 bridgehead atoms. The average molecular weight is 321 g/mol. The highest BCUT2D eigenvalue weighted by Crippen LogP contribution is 2.15. The third-order valence-electron chi connectivity index (χ3n) is 1.83. The molecule has 0 aromatic rings. The molecular formula is C12H19NO9. The van der Waals surface area contributed by atoms with Gasteiger partial charge in [-0.2, -0.15) is 0 Å². The normalized spacial score (nSPS) is 10.5. The minimum absolute atomic E-state index is 0. The van der Waals surface area contributed by atoms with Gasteiger partial charge in [0.05, 0.1) is 12.8 Å². The third kappa shape index (κ3) is 13.7. The van der Waals surface area contributed by atoms with Gasteiger partial charge in [0.25, 0.3) is 0 Å². The number of hydrogen-bond acceptors (Lipinski definition) is 6. The highest BCUT2D eigenvalue weighted by Gasteiger charge is 2.40. The number of carboxylic acid groups (broad SMARTS) is 4. The van der Waals surface area contributed by atoms with Gasteiger partial charge >= 0.3 is 23.9 Å². The smallest absolute Gasteiger partial charge is 0.336 e. The second kappa shape index (κ2) is 12.1. The molecule has 126 valence electrons. The summed E-state index contributed by atoms with van der Waals surface area (Å²) in [7, 11) is 0. The van der Waals surface area contributed by atoms with Gasteiger partial charge in [0.15, 0.2) is 5.60 Å². The molecule has 10 nitrogen and oxygen atoms in total. The molecular weight excluding hydrogens is 302 g/mol. The van der Waals surface area contributed by atoms with Crippen molar-refractivity contribution in [3.8, 4) is 0 Å². The molecule has 0 aliphatic rings. The van der Waals surface area contributed by atoms with Crippen LogP contribution in [0.25, 0.3) is 0 Å². The van der Waals surface area contributed by atoms with Crippen LogP contribution in [-0.4, -0.2) is 55.0 Å². The summed E-state index contributed by atoms with van der Waals surface area (Å²) >= 11 is 0. The molecule has 0 saturated heterocycles. The fourth-order valence-corrected chi connectivity index (χ4v) is 0.963. The lowest BCUT2D eigenvalue weighted by Gasteiger charge is -2.18. The first-order chi connectivity index (χ1) is 9.55. The van der Waals surface area contributed by atoms with Gasteiger partial charge in [-0.25, -0.2) is 9.59 Å². The lowest BCUT2D eigenvalue weighted by molar-refractivity contribution is -0.170. The second-order valence-corrected chi connectivity index (χ2v) is 3.70. The summed E-state index contributed by atoms with van der Waals surface area (Å²) in [5, 5.41) is 41.8. The molecule has 8 N–H and O–H groups in total. The van der Waals surface area contributed by atoms with E-state index in [1.165, 1.54) is 6.08 Å². The van der Waals surface area contributed by atoms with E-state index in [0.29, 0.717) is 0 Å². The summed E-state index contributed by atoms with van der Waals surface area (Å²) in [4.78, 5) is 40.2. The van der Waals surface area contributed by atoms with E-state index >= 15 is 0 Å². The third-order valence-corrected chi connectivity index (χ3v) is 1.83. The summed E-state index contributed by atoms with van der Waals surface area (Å²) in [6.45, 7) is 1.83. The number of rotatable bonds is 7. The van der Waals surface area contributed by atoms with E-state index in [4.69, 9.17) is 25.5 Å². The molecule has 0 rings (SSSR count). The minimum atomic E-state index is -2.74. The molecule has 0 aliphatic heterocycles. The van der Waals surface area contributed by atoms with E-state index in [1.54, 1.807) is 12.2 Å². The SMILES string of the molecule is C/C=C/C=C/C(=O)O.N.O=C(O)CC(O)(CC(=O)O)C(=O)O. The standard InChI is InChI=1S/C6H8O7.C6H8O2.H3N/c7-3(8)1-6(13,5(11)12)2-4(9)10;1-2-3-4-5-6(7)8;/h13H,1-2H2,(H,7,8)(H,9,10)(H,11,12);2-5H,1H3,(H,7,8);1H3/b;3-2+,5-4+;. The molecule has 0 saturated carbocycles. The van der Waals surface area contributed by atoms with Gasteiger partial charge in [0.2, 0.25) is 0 Å². The fourth-order valence-electron chi connectivity index (χ4n) is 0.963. The van der Waals surface area contributed by atoms with Crippen LogP contribution in [0.1, 0.15) is 19.8 Å². The van der Waals surface area contributed by atoms with Crippen molar-refractivity contribution in [1.82, 2.24) is 6.15 Å². The van der Waals surface area contributed by atoms with E-state index in [0.717, 1.165) is 6.08 Å². The lowest BCUT2D eigenvalue weighted by Crippen LogP contribution is -2.42. The topological polar surface area (TPSA) is 204 Å². The number of carbonyl (C=O) groups is 4. The Morgan fingerprint density at radius 1 is 0.909 bits per heavy atom. The molecule has 0 fully saturated rings. The van der Waals surface area contributed by atoms with Crippen LogP contribution >= 0.6 is 0 Å². The zero-order valence-electron chi connectivity index (χ0n) is 11.8. The summed E-state index contributed by atoms with van der Waals surface area (Å²) in [5.74, 6) is -5.93. The molecule has 0 unspecified atom stereocenters. The Labute approximate surface area is 125 Å². The summed E-state index contributed by atoms with van der Waals surface area (Å²) in [6, 6.07) is 0. The van der Waals surface area contributed by atoms with E-state index in [2.05, 4.69) is 0 Å². The maximum Gasteiger partial charge on any atom is 0.336 e. The fraction of sp³-hybridized carbons (Fsp3) is 0.333. The van der Waals surface area contributed by atoms with E-state index in [9.17, 15) is 19.2 Å². The van der Waals surface area contributed by atoms with Gasteiger partial charge in [0, 0.05) is 6.08 Å². The Bertz CT molecular complexity index is 438. The Kier molecular flexibility index (Phi) is 13.3. The Morgan fingerprint density at radius 3 is 1.55 bits per heavy atom. The molecule has 0 amide bonds. The van der Waals surface area contributed by atoms with Gasteiger partial charge in [-0.3, -0.25) is 9.59 Å². The van der Waals surface area contributed by atoms with Crippen LogP contribution in [0.2, 0.25) is 0 Å². The molecule has 10 heteroatoms. The monoisotopic (exact) mass is 321 g/mol. The molecule has 0 aromatic heterocycles. The van der Waals surface area contributed by atoms with Crippen LogP contribution in [0.4, 0.5) is 0 Å². The van der Waals surface area contributed by atoms with Crippen LogP contribution < -0.4 is 6.15 Å². The predicted molar refractivity (Wildman–Crippen MR) is 73.7 cm³/mol. The van der Waals surface area contributed by atoms with E-state index in [-0.39, 0.29) is 6.15 Å². The van der Waals surface area contributed by atoms with Gasteiger partial charge < -0.3 is 31.7 Å². The number of hydrogen-bond donors (Lipinski definition) is 6. The first-order valence-corrected chi connectivity index (χ1v) is 5.46. The van der Waals surface area contributed by atoms with Crippen LogP contribution in [0.3, 0.4) is 0 Å². The summed E-state index contributed by atoms with van der Waals surface area (Å²) in [6.07, 6.45) is 3.69. The van der Waals surface area contributed by atoms with Gasteiger partial charge in [-0.05, 0) is 6.92 Å². The van der Waals surface area contributed by atoms with Gasteiger partial charge in [-0.1, -0.05) is 18.2 Å². The van der Waals surface area contributed by atoms with Crippen molar-refractivity contribution in [3.05, 3.63) is 24.3 Å². The zero-order chi connectivity index (χ0) is 17.1. The Morgan fingerprint density at radius 2 is 1.32 bits per heavy atom. The number of aliphatic carboxylic acids is 4. The largest absolute Gasteiger partial charge is 0.481 e. The quantitative estimate of drug-likeness (QED) is 0.276. The highest BCUT2D eigenvalue weighted by atomic mass is 16.4. The second-order valence-electron chi connectivity index (χ2n) is 3.70. The molecule has 0 aromatic carbocycles. The Hall–Kier alpha value is -2.72. The minimum Gasteiger partial charge on any atom is -0.481 e. The van der Waals surface area contributed by atoms with Crippen molar-refractivity contribution in [1.29, 1.82) is 0 Å². The lowest BCUT2D eigenvalue weighted by atomic mass is 9.96. The number of aliphatic hydroxyl groups is 1. The number of carboxylic acids is 4. The zero-order valence-corrected chi connectivity index (χ0v) is 11.8. The van der Waals surface area contributed by atoms with Crippen LogP contribution in [-0.2, 0) is 19.2 Å². The maximum atomic E-state index is 10.3. The van der Waals surface area contributed by atoms with Crippen molar-refractivity contribution in [2.75, 3.05) is 0 Å². The molecule has 0 radical (unpaired) electrons. The van der Waals surface area contributed by atoms with Crippen molar-refractivity contribution in [2.45, 2.75) is 25.4 Å². The summed E-state index contributed by atoms with van der Waals surface area (Å²) < 4.78 is 0. The highest BCUT2D eigenvalue weighted by molar-refractivity contribution is 5.88. The molecule has 0 spiro atoms. The van der Waals surface area contributed by atoms with E-state index in [1.807, 2.05) is 6.92 Å². The van der Waals surface area contributed by atoms with Crippen LogP contribution in [0.5, 0.6) is 0 Å². The van der Waals surface area contributed by atoms with Crippen LogP contribution in [0.15, 0.2) is 24.3 Å². The predicted octanol–water partition coefficient (Wildman–Crippen LogP) is 0.117. The molecule has 0 heterocycles. The van der Waals surface area contributed by atoms with E-state index < -0.39 is 42.3 Å². The van der Waals surface area contributed by atoms with Crippen LogP contribution in [0, 0.1) is 0 Å². The van der Waals surface area contributed by atoms with Crippen molar-refractivity contribution >= 4 is 23.9 Å². The Balaban J connectivity index is -0.000000348. The summed E-state index contributed by atoms with van der Waals surface area (Å²) in [5.41, 5.74) is -2.74. The van der Waals surface area contributed by atoms with Crippen molar-refractivity contribution in [2.24, 2.45) is 0 Å².